The number of hydrogen-bond donors (Lipinski definition) is 2. The summed E-state index contributed by atoms with van der Waals surface area (Å²) in [6.45, 7) is 2.94. The Balaban J connectivity index is 1.94. The fourth-order valence-corrected chi connectivity index (χ4v) is 2.85. The minimum atomic E-state index is -0.220. The lowest BCUT2D eigenvalue weighted by atomic mass is 9.80. The molecule has 1 aromatic carbocycles. The number of aromatic hydroxyl groups is 1. The van der Waals surface area contributed by atoms with Crippen molar-refractivity contribution in [3.8, 4) is 11.5 Å². The molecule has 1 saturated carbocycles. The van der Waals surface area contributed by atoms with E-state index in [0.717, 1.165) is 0 Å². The number of nitrogens with one attached hydrogen (secondary N) is 1. The lowest BCUT2D eigenvalue weighted by Gasteiger charge is -2.28. The molecule has 0 saturated heterocycles. The van der Waals surface area contributed by atoms with Gasteiger partial charge in [0.1, 0.15) is 11.5 Å². The van der Waals surface area contributed by atoms with Crippen LogP contribution in [0.3, 0.4) is 0 Å². The second-order valence-corrected chi connectivity index (χ2v) is 5.61. The van der Waals surface area contributed by atoms with Crippen LogP contribution in [0.25, 0.3) is 0 Å². The quantitative estimate of drug-likeness (QED) is 0.889. The second-order valence-electron chi connectivity index (χ2n) is 5.61. The van der Waals surface area contributed by atoms with Crippen molar-refractivity contribution in [1.29, 1.82) is 0 Å². The van der Waals surface area contributed by atoms with E-state index >= 15 is 0 Å². The maximum atomic E-state index is 12.1. The molecule has 4 heteroatoms. The summed E-state index contributed by atoms with van der Waals surface area (Å²) >= 11 is 0. The van der Waals surface area contributed by atoms with Gasteiger partial charge in [-0.05, 0) is 30.4 Å². The zero-order chi connectivity index (χ0) is 14.5. The standard InChI is InChI=1S/C16H23NO3/c1-11-5-3-4-6-12(11)10-17-16(19)14-8-7-13(20-2)9-15(14)18/h7-9,11-12,18H,3-6,10H2,1-2H3,(H,17,19). The molecule has 0 aliphatic heterocycles. The Morgan fingerprint density at radius 2 is 2.15 bits per heavy atom. The summed E-state index contributed by atoms with van der Waals surface area (Å²) < 4.78 is 5.01. The van der Waals surface area contributed by atoms with Crippen LogP contribution in [-0.4, -0.2) is 24.7 Å². The number of benzene rings is 1. The Morgan fingerprint density at radius 1 is 1.40 bits per heavy atom. The fraction of sp³-hybridized carbons (Fsp3) is 0.562. The maximum absolute atomic E-state index is 12.1. The first-order chi connectivity index (χ1) is 9.61. The molecule has 2 rings (SSSR count). The number of carbonyl (C=O) groups excluding carboxylic acids is 1. The van der Waals surface area contributed by atoms with Crippen molar-refractivity contribution in [1.82, 2.24) is 5.32 Å². The van der Waals surface area contributed by atoms with Crippen LogP contribution in [0.4, 0.5) is 0 Å². The number of hydrogen-bond acceptors (Lipinski definition) is 3. The van der Waals surface area contributed by atoms with Gasteiger partial charge >= 0.3 is 0 Å². The van der Waals surface area contributed by atoms with Gasteiger partial charge < -0.3 is 15.2 Å². The summed E-state index contributed by atoms with van der Waals surface area (Å²) in [5.41, 5.74) is 0.300. The molecular weight excluding hydrogens is 254 g/mol. The molecule has 0 aromatic heterocycles. The van der Waals surface area contributed by atoms with Gasteiger partial charge in [-0.2, -0.15) is 0 Å². The molecule has 0 radical (unpaired) electrons. The van der Waals surface area contributed by atoms with Gasteiger partial charge in [-0.25, -0.2) is 0 Å². The maximum Gasteiger partial charge on any atom is 0.255 e. The van der Waals surface area contributed by atoms with Crippen LogP contribution < -0.4 is 10.1 Å². The third kappa shape index (κ3) is 3.44. The summed E-state index contributed by atoms with van der Waals surface area (Å²) in [7, 11) is 1.53. The number of amides is 1. The molecule has 1 fully saturated rings. The van der Waals surface area contributed by atoms with E-state index < -0.39 is 0 Å². The Kier molecular flexibility index (Phi) is 4.88. The number of phenolic OH excluding ortho intramolecular Hbond substituents is 1. The van der Waals surface area contributed by atoms with Crippen LogP contribution in [0.1, 0.15) is 43.0 Å². The third-order valence-electron chi connectivity index (χ3n) is 4.26. The topological polar surface area (TPSA) is 58.6 Å². The summed E-state index contributed by atoms with van der Waals surface area (Å²) in [4.78, 5) is 12.1. The fourth-order valence-electron chi connectivity index (χ4n) is 2.85. The first-order valence-corrected chi connectivity index (χ1v) is 7.27. The van der Waals surface area contributed by atoms with Crippen molar-refractivity contribution in [2.45, 2.75) is 32.6 Å². The van der Waals surface area contributed by atoms with Crippen molar-refractivity contribution >= 4 is 5.91 Å². The second kappa shape index (κ2) is 6.64. The smallest absolute Gasteiger partial charge is 0.255 e. The normalized spacial score (nSPS) is 22.3. The van der Waals surface area contributed by atoms with Crippen molar-refractivity contribution in [3.05, 3.63) is 23.8 Å². The van der Waals surface area contributed by atoms with Gasteiger partial charge in [0.25, 0.3) is 5.91 Å². The average molecular weight is 277 g/mol. The van der Waals surface area contributed by atoms with Gasteiger partial charge in [-0.15, -0.1) is 0 Å². The monoisotopic (exact) mass is 277 g/mol. The minimum absolute atomic E-state index is 0.0430. The highest BCUT2D eigenvalue weighted by Gasteiger charge is 2.22. The Labute approximate surface area is 120 Å². The number of carbonyl (C=O) groups is 1. The van der Waals surface area contributed by atoms with Gasteiger partial charge in [0.05, 0.1) is 12.7 Å². The Bertz CT molecular complexity index is 473. The van der Waals surface area contributed by atoms with E-state index in [0.29, 0.717) is 29.7 Å². The molecule has 20 heavy (non-hydrogen) atoms. The molecule has 0 heterocycles. The van der Waals surface area contributed by atoms with Gasteiger partial charge in [-0.1, -0.05) is 26.2 Å². The molecule has 1 aromatic rings. The van der Waals surface area contributed by atoms with Gasteiger partial charge in [0.15, 0.2) is 0 Å². The predicted molar refractivity (Wildman–Crippen MR) is 78.1 cm³/mol. The van der Waals surface area contributed by atoms with E-state index in [4.69, 9.17) is 4.74 Å². The largest absolute Gasteiger partial charge is 0.507 e. The number of ether oxygens (including phenoxy) is 1. The molecule has 110 valence electrons. The minimum Gasteiger partial charge on any atom is -0.507 e. The lowest BCUT2D eigenvalue weighted by molar-refractivity contribution is 0.0933. The van der Waals surface area contributed by atoms with Crippen LogP contribution in [-0.2, 0) is 0 Å². The highest BCUT2D eigenvalue weighted by atomic mass is 16.5. The SMILES string of the molecule is COc1ccc(C(=O)NCC2CCCCC2C)c(O)c1. The number of phenols is 1. The van der Waals surface area contributed by atoms with Gasteiger partial charge in [0.2, 0.25) is 0 Å². The molecule has 0 spiro atoms. The molecule has 2 atom stereocenters. The molecule has 4 nitrogen and oxygen atoms in total. The average Bonchev–Trinajstić information content (AvgIpc) is 2.46. The van der Waals surface area contributed by atoms with Crippen LogP contribution in [0.5, 0.6) is 11.5 Å². The summed E-state index contributed by atoms with van der Waals surface area (Å²) in [6.07, 6.45) is 4.97. The zero-order valence-corrected chi connectivity index (χ0v) is 12.2. The molecular formula is C16H23NO3. The van der Waals surface area contributed by atoms with Gasteiger partial charge in [-0.3, -0.25) is 4.79 Å². The highest BCUT2D eigenvalue weighted by molar-refractivity contribution is 5.97. The van der Waals surface area contributed by atoms with Crippen molar-refractivity contribution in [2.75, 3.05) is 13.7 Å². The Hall–Kier alpha value is -1.71. The van der Waals surface area contributed by atoms with Gasteiger partial charge in [0, 0.05) is 12.6 Å². The third-order valence-corrected chi connectivity index (χ3v) is 4.26. The summed E-state index contributed by atoms with van der Waals surface area (Å²) in [5, 5.41) is 12.8. The van der Waals surface area contributed by atoms with Crippen molar-refractivity contribution < 1.29 is 14.6 Å². The van der Waals surface area contributed by atoms with Crippen LogP contribution >= 0.6 is 0 Å². The molecule has 1 amide bonds. The van der Waals surface area contributed by atoms with E-state index in [-0.39, 0.29) is 11.7 Å². The van der Waals surface area contributed by atoms with Crippen LogP contribution in [0.15, 0.2) is 18.2 Å². The predicted octanol–water partition coefficient (Wildman–Crippen LogP) is 2.96. The molecule has 2 N–H and O–H groups in total. The first-order valence-electron chi connectivity index (χ1n) is 7.27. The number of rotatable bonds is 4. The molecule has 1 aliphatic rings. The van der Waals surface area contributed by atoms with Crippen LogP contribution in [0, 0.1) is 11.8 Å². The Morgan fingerprint density at radius 3 is 2.80 bits per heavy atom. The van der Waals surface area contributed by atoms with E-state index in [2.05, 4.69) is 12.2 Å². The summed E-state index contributed by atoms with van der Waals surface area (Å²) in [5.74, 6) is 1.49. The van der Waals surface area contributed by atoms with E-state index in [1.807, 2.05) is 0 Å². The molecule has 1 aliphatic carbocycles. The zero-order valence-electron chi connectivity index (χ0n) is 12.2. The summed E-state index contributed by atoms with van der Waals surface area (Å²) in [6, 6.07) is 4.73. The molecule has 2 unspecified atom stereocenters. The van der Waals surface area contributed by atoms with Crippen LogP contribution in [0.2, 0.25) is 0 Å². The van der Waals surface area contributed by atoms with E-state index in [9.17, 15) is 9.90 Å². The molecule has 0 bridgehead atoms. The number of methoxy groups -OCH3 is 1. The van der Waals surface area contributed by atoms with Crippen molar-refractivity contribution in [3.63, 3.8) is 0 Å². The van der Waals surface area contributed by atoms with E-state index in [1.165, 1.54) is 38.9 Å². The van der Waals surface area contributed by atoms with E-state index in [1.54, 1.807) is 12.1 Å². The lowest BCUT2D eigenvalue weighted by Crippen LogP contribution is -2.33. The van der Waals surface area contributed by atoms with Crippen molar-refractivity contribution in [2.24, 2.45) is 11.8 Å². The first kappa shape index (κ1) is 14.7. The highest BCUT2D eigenvalue weighted by Crippen LogP contribution is 2.29.